The molecule has 0 unspecified atom stereocenters. The van der Waals surface area contributed by atoms with E-state index >= 15 is 0 Å². The van der Waals surface area contributed by atoms with Crippen LogP contribution in [0.2, 0.25) is 0 Å². The number of benzene rings is 2. The molecule has 5 nitrogen and oxygen atoms in total. The third-order valence-corrected chi connectivity index (χ3v) is 8.61. The Morgan fingerprint density at radius 3 is 2.35 bits per heavy atom. The number of amides is 3. The second-order valence-electron chi connectivity index (χ2n) is 9.20. The monoisotopic (exact) mass is 480 g/mol. The molecule has 5 atom stereocenters. The van der Waals surface area contributed by atoms with Crippen LogP contribution in [0.25, 0.3) is 0 Å². The fourth-order valence-corrected chi connectivity index (χ4v) is 6.35. The second-order valence-corrected chi connectivity index (χ2v) is 9.99. The highest BCUT2D eigenvalue weighted by atomic mass is 79.9. The molecule has 0 aromatic heterocycles. The van der Waals surface area contributed by atoms with E-state index in [0.29, 0.717) is 11.6 Å². The third kappa shape index (κ3) is 3.32. The Hall–Kier alpha value is -2.47. The van der Waals surface area contributed by atoms with Crippen molar-refractivity contribution < 1.29 is 14.4 Å². The Labute approximate surface area is 190 Å². The zero-order valence-corrected chi connectivity index (χ0v) is 19.2. The van der Waals surface area contributed by atoms with Crippen LogP contribution in [-0.2, 0) is 14.4 Å². The molecule has 1 aliphatic heterocycles. The Morgan fingerprint density at radius 1 is 1.03 bits per heavy atom. The smallest absolute Gasteiger partial charge is 0.244 e. The number of fused-ring (bicyclic) bond motifs is 5. The maximum Gasteiger partial charge on any atom is 0.244 e. The van der Waals surface area contributed by atoms with Gasteiger partial charge in [-0.25, -0.2) is 0 Å². The molecule has 1 saturated heterocycles. The Bertz CT molecular complexity index is 1060. The van der Waals surface area contributed by atoms with Gasteiger partial charge < -0.3 is 5.32 Å². The Morgan fingerprint density at radius 2 is 1.68 bits per heavy atom. The number of rotatable bonds is 4. The summed E-state index contributed by atoms with van der Waals surface area (Å²) in [7, 11) is 0. The van der Waals surface area contributed by atoms with Gasteiger partial charge in [0.05, 0.1) is 11.8 Å². The largest absolute Gasteiger partial charge is 0.325 e. The summed E-state index contributed by atoms with van der Waals surface area (Å²) in [6.07, 6.45) is 1.89. The number of hydrogen-bond acceptors (Lipinski definition) is 3. The zero-order chi connectivity index (χ0) is 21.9. The fourth-order valence-electron chi connectivity index (χ4n) is 6.12. The molecular weight excluding hydrogens is 456 g/mol. The van der Waals surface area contributed by atoms with Gasteiger partial charge in [0.25, 0.3) is 0 Å². The number of aryl methyl sites for hydroxylation is 2. The van der Waals surface area contributed by atoms with Crippen molar-refractivity contribution >= 4 is 39.3 Å². The highest BCUT2D eigenvalue weighted by Gasteiger charge is 2.63. The molecule has 2 aromatic rings. The van der Waals surface area contributed by atoms with E-state index in [4.69, 9.17) is 0 Å². The van der Waals surface area contributed by atoms with Gasteiger partial charge in [0.15, 0.2) is 0 Å². The average molecular weight is 481 g/mol. The molecule has 0 radical (unpaired) electrons. The van der Waals surface area contributed by atoms with Gasteiger partial charge in [0.1, 0.15) is 6.54 Å². The molecule has 6 heteroatoms. The van der Waals surface area contributed by atoms with Crippen molar-refractivity contribution in [2.75, 3.05) is 11.9 Å². The lowest BCUT2D eigenvalue weighted by atomic mass is 9.73. The van der Waals surface area contributed by atoms with Crippen molar-refractivity contribution in [2.45, 2.75) is 32.6 Å². The molecule has 31 heavy (non-hydrogen) atoms. The molecule has 3 fully saturated rings. The van der Waals surface area contributed by atoms with Crippen LogP contribution in [0.5, 0.6) is 0 Å². The Balaban J connectivity index is 1.31. The van der Waals surface area contributed by atoms with Crippen LogP contribution in [-0.4, -0.2) is 29.2 Å². The first-order chi connectivity index (χ1) is 14.8. The van der Waals surface area contributed by atoms with Gasteiger partial charge in [0.2, 0.25) is 17.7 Å². The van der Waals surface area contributed by atoms with Crippen molar-refractivity contribution in [1.82, 2.24) is 4.90 Å². The van der Waals surface area contributed by atoms with Crippen molar-refractivity contribution in [3.05, 3.63) is 63.6 Å². The second kappa shape index (κ2) is 7.59. The molecular formula is C25H25BrN2O3. The van der Waals surface area contributed by atoms with E-state index in [-0.39, 0.29) is 47.9 Å². The number of anilines is 1. The standard InChI is InChI=1S/C25H25BrN2O3/c1-13-8-17(9-14(2)23(13)26)27-20(29)12-28-24(30)21-16-10-18(15-6-4-3-5-7-15)19(11-16)22(21)25(28)31/h3-9,16,18-19,21-22H,10-12H2,1-2H3,(H,27,29)/t16-,18-,19-,21-,22+/m1/s1. The minimum absolute atomic E-state index is 0.160. The number of halogens is 1. The molecule has 2 bridgehead atoms. The number of nitrogens with zero attached hydrogens (tertiary/aromatic N) is 1. The van der Waals surface area contributed by atoms with E-state index in [2.05, 4.69) is 33.4 Å². The van der Waals surface area contributed by atoms with E-state index in [0.717, 1.165) is 28.4 Å². The maximum atomic E-state index is 13.2. The summed E-state index contributed by atoms with van der Waals surface area (Å²) in [5.41, 5.74) is 3.96. The summed E-state index contributed by atoms with van der Waals surface area (Å²) in [5.74, 6) is -0.431. The summed E-state index contributed by atoms with van der Waals surface area (Å²) in [4.78, 5) is 40.2. The minimum atomic E-state index is -0.338. The summed E-state index contributed by atoms with van der Waals surface area (Å²) in [6.45, 7) is 3.70. The molecule has 1 heterocycles. The van der Waals surface area contributed by atoms with Crippen LogP contribution in [0.4, 0.5) is 5.69 Å². The number of likely N-dealkylation sites (tertiary alicyclic amines) is 1. The van der Waals surface area contributed by atoms with Gasteiger partial charge in [-0.2, -0.15) is 0 Å². The van der Waals surface area contributed by atoms with Crippen molar-refractivity contribution in [3.63, 3.8) is 0 Å². The lowest BCUT2D eigenvalue weighted by Crippen LogP contribution is -2.39. The first-order valence-corrected chi connectivity index (χ1v) is 11.6. The topological polar surface area (TPSA) is 66.5 Å². The molecule has 0 spiro atoms. The van der Waals surface area contributed by atoms with E-state index < -0.39 is 0 Å². The molecule has 160 valence electrons. The van der Waals surface area contributed by atoms with Crippen LogP contribution < -0.4 is 5.32 Å². The molecule has 1 N–H and O–H groups in total. The Kier molecular flexibility index (Phi) is 5.00. The summed E-state index contributed by atoms with van der Waals surface area (Å²) in [5, 5.41) is 2.85. The molecule has 2 aromatic carbocycles. The van der Waals surface area contributed by atoms with Gasteiger partial charge in [0, 0.05) is 10.2 Å². The van der Waals surface area contributed by atoms with Crippen molar-refractivity contribution in [1.29, 1.82) is 0 Å². The molecule has 3 aliphatic rings. The predicted molar refractivity (Wildman–Crippen MR) is 121 cm³/mol. The van der Waals surface area contributed by atoms with Crippen LogP contribution in [0.1, 0.15) is 35.4 Å². The highest BCUT2D eigenvalue weighted by molar-refractivity contribution is 9.10. The third-order valence-electron chi connectivity index (χ3n) is 7.36. The predicted octanol–water partition coefficient (Wildman–Crippen LogP) is 4.43. The number of imide groups is 1. The first kappa shape index (κ1) is 20.4. The lowest BCUT2D eigenvalue weighted by Gasteiger charge is -2.28. The van der Waals surface area contributed by atoms with E-state index in [9.17, 15) is 14.4 Å². The van der Waals surface area contributed by atoms with E-state index in [1.165, 1.54) is 10.5 Å². The van der Waals surface area contributed by atoms with Crippen LogP contribution in [0.3, 0.4) is 0 Å². The average Bonchev–Trinajstić information content (AvgIpc) is 3.40. The molecule has 3 amide bonds. The van der Waals surface area contributed by atoms with Crippen molar-refractivity contribution in [3.8, 4) is 0 Å². The van der Waals surface area contributed by atoms with Crippen LogP contribution in [0, 0.1) is 37.5 Å². The van der Waals surface area contributed by atoms with Crippen LogP contribution in [0.15, 0.2) is 46.9 Å². The number of hydrogen-bond donors (Lipinski definition) is 1. The fraction of sp³-hybridized carbons (Fsp3) is 0.400. The SMILES string of the molecule is Cc1cc(NC(=O)CN2C(=O)[C@@H]3[C@H]4C[C@@H]([C@@H]3C2=O)[C@@H](c2ccccc2)C4)cc(C)c1Br. The zero-order valence-electron chi connectivity index (χ0n) is 17.6. The van der Waals surface area contributed by atoms with Gasteiger partial charge in [-0.1, -0.05) is 46.3 Å². The number of nitrogens with one attached hydrogen (secondary N) is 1. The normalized spacial score (nSPS) is 28.9. The molecule has 2 saturated carbocycles. The van der Waals surface area contributed by atoms with Gasteiger partial charge in [-0.15, -0.1) is 0 Å². The lowest BCUT2D eigenvalue weighted by molar-refractivity contribution is -0.143. The number of carbonyl (C=O) groups excluding carboxylic acids is 3. The molecule has 5 rings (SSSR count). The minimum Gasteiger partial charge on any atom is -0.325 e. The first-order valence-electron chi connectivity index (χ1n) is 10.8. The molecule has 2 aliphatic carbocycles. The van der Waals surface area contributed by atoms with E-state index in [1.54, 1.807) is 0 Å². The van der Waals surface area contributed by atoms with Crippen molar-refractivity contribution in [2.24, 2.45) is 23.7 Å². The van der Waals surface area contributed by atoms with E-state index in [1.807, 2.05) is 44.2 Å². The summed E-state index contributed by atoms with van der Waals surface area (Å²) in [6, 6.07) is 14.1. The van der Waals surface area contributed by atoms with Gasteiger partial charge >= 0.3 is 0 Å². The van der Waals surface area contributed by atoms with Gasteiger partial charge in [-0.3, -0.25) is 19.3 Å². The van der Waals surface area contributed by atoms with Crippen LogP contribution >= 0.6 is 15.9 Å². The highest BCUT2D eigenvalue weighted by Crippen LogP contribution is 2.61. The number of carbonyl (C=O) groups is 3. The summed E-state index contributed by atoms with van der Waals surface area (Å²) >= 11 is 3.52. The maximum absolute atomic E-state index is 13.2. The van der Waals surface area contributed by atoms with Gasteiger partial charge in [-0.05, 0) is 73.3 Å². The quantitative estimate of drug-likeness (QED) is 0.658. The summed E-state index contributed by atoms with van der Waals surface area (Å²) < 4.78 is 1.01.